The number of H-pyrrole nitrogens is 1. The summed E-state index contributed by atoms with van der Waals surface area (Å²) < 4.78 is 13.3. The molecule has 2 heterocycles. The molecule has 0 aliphatic rings. The van der Waals surface area contributed by atoms with Crippen LogP contribution in [-0.2, 0) is 6.42 Å². The molecule has 0 saturated carbocycles. The van der Waals surface area contributed by atoms with Crippen molar-refractivity contribution >= 4 is 17.4 Å². The van der Waals surface area contributed by atoms with Gasteiger partial charge in [-0.15, -0.1) is 0 Å². The second-order valence-corrected chi connectivity index (χ2v) is 3.99. The molecule has 0 aromatic carbocycles. The average molecular weight is 255 g/mol. The number of aryl methyl sites for hydroxylation is 1. The Balaban J connectivity index is 1.78. The second-order valence-electron chi connectivity index (χ2n) is 3.55. The van der Waals surface area contributed by atoms with E-state index in [-0.39, 0.29) is 5.82 Å². The van der Waals surface area contributed by atoms with Gasteiger partial charge in [0.25, 0.3) is 0 Å². The van der Waals surface area contributed by atoms with Crippen molar-refractivity contribution in [3.05, 3.63) is 41.3 Å². The van der Waals surface area contributed by atoms with Crippen LogP contribution in [0, 0.1) is 5.82 Å². The molecule has 0 saturated heterocycles. The van der Waals surface area contributed by atoms with Gasteiger partial charge in [-0.05, 0) is 12.5 Å². The van der Waals surface area contributed by atoms with Gasteiger partial charge in [0.2, 0.25) is 0 Å². The van der Waals surface area contributed by atoms with Crippen LogP contribution in [0.25, 0.3) is 0 Å². The van der Waals surface area contributed by atoms with E-state index in [4.69, 9.17) is 11.6 Å². The van der Waals surface area contributed by atoms with Crippen molar-refractivity contribution in [3.8, 4) is 0 Å². The van der Waals surface area contributed by atoms with E-state index in [0.717, 1.165) is 18.7 Å². The number of nitrogens with zero attached hydrogens (tertiary/aromatic N) is 2. The van der Waals surface area contributed by atoms with Gasteiger partial charge < -0.3 is 10.3 Å². The van der Waals surface area contributed by atoms with E-state index in [2.05, 4.69) is 20.3 Å². The molecular formula is C11H12ClFN4. The smallest absolute Gasteiger partial charge is 0.166 e. The third-order valence-corrected chi connectivity index (χ3v) is 2.45. The molecule has 0 amide bonds. The summed E-state index contributed by atoms with van der Waals surface area (Å²) in [7, 11) is 0. The van der Waals surface area contributed by atoms with Gasteiger partial charge in [0.15, 0.2) is 11.6 Å². The van der Waals surface area contributed by atoms with Crippen molar-refractivity contribution in [2.75, 3.05) is 11.9 Å². The third-order valence-electron chi connectivity index (χ3n) is 2.25. The van der Waals surface area contributed by atoms with Crippen LogP contribution in [0.3, 0.4) is 0 Å². The van der Waals surface area contributed by atoms with Crippen LogP contribution in [0.15, 0.2) is 24.7 Å². The van der Waals surface area contributed by atoms with Crippen molar-refractivity contribution in [2.24, 2.45) is 0 Å². The summed E-state index contributed by atoms with van der Waals surface area (Å²) in [5.41, 5.74) is 0. The number of nitrogens with one attached hydrogen (secondary N) is 2. The molecule has 0 bridgehead atoms. The summed E-state index contributed by atoms with van der Waals surface area (Å²) in [5, 5.41) is 3.21. The highest BCUT2D eigenvalue weighted by Gasteiger charge is 2.03. The van der Waals surface area contributed by atoms with Crippen molar-refractivity contribution in [2.45, 2.75) is 12.8 Å². The van der Waals surface area contributed by atoms with Crippen LogP contribution in [0.5, 0.6) is 0 Å². The molecule has 2 aromatic rings. The first-order valence-electron chi connectivity index (χ1n) is 5.29. The van der Waals surface area contributed by atoms with Crippen molar-refractivity contribution in [1.82, 2.24) is 15.0 Å². The number of hydrogen-bond donors (Lipinski definition) is 2. The highest BCUT2D eigenvalue weighted by Crippen LogP contribution is 2.15. The maximum Gasteiger partial charge on any atom is 0.166 e. The lowest BCUT2D eigenvalue weighted by Gasteiger charge is -2.05. The second kappa shape index (κ2) is 5.63. The summed E-state index contributed by atoms with van der Waals surface area (Å²) in [4.78, 5) is 11.0. The normalized spacial score (nSPS) is 10.5. The summed E-state index contributed by atoms with van der Waals surface area (Å²) >= 11 is 5.60. The van der Waals surface area contributed by atoms with E-state index in [0.29, 0.717) is 11.6 Å². The number of anilines is 1. The van der Waals surface area contributed by atoms with E-state index in [1.165, 1.54) is 12.3 Å². The topological polar surface area (TPSA) is 53.6 Å². The Bertz CT molecular complexity index is 472. The molecule has 6 heteroatoms. The van der Waals surface area contributed by atoms with Crippen molar-refractivity contribution in [1.29, 1.82) is 0 Å². The van der Waals surface area contributed by atoms with Crippen LogP contribution < -0.4 is 5.32 Å². The Kier molecular flexibility index (Phi) is 3.93. The predicted molar refractivity (Wildman–Crippen MR) is 64.6 cm³/mol. The standard InChI is InChI=1S/C11H12ClFN4/c12-8-6-9(13)11(17-7-8)16-3-1-2-10-14-4-5-15-10/h4-7H,1-3H2,(H,14,15)(H,16,17). The highest BCUT2D eigenvalue weighted by molar-refractivity contribution is 6.30. The molecule has 0 radical (unpaired) electrons. The van der Waals surface area contributed by atoms with E-state index in [1.807, 2.05) is 0 Å². The number of rotatable bonds is 5. The largest absolute Gasteiger partial charge is 0.368 e. The first-order chi connectivity index (χ1) is 8.25. The van der Waals surface area contributed by atoms with Gasteiger partial charge in [-0.25, -0.2) is 14.4 Å². The molecular weight excluding hydrogens is 243 g/mol. The molecule has 17 heavy (non-hydrogen) atoms. The number of halogens is 2. The Morgan fingerprint density at radius 2 is 2.29 bits per heavy atom. The molecule has 90 valence electrons. The van der Waals surface area contributed by atoms with Gasteiger partial charge in [0.1, 0.15) is 5.82 Å². The minimum absolute atomic E-state index is 0.230. The minimum Gasteiger partial charge on any atom is -0.368 e. The van der Waals surface area contributed by atoms with Crippen LogP contribution in [0.1, 0.15) is 12.2 Å². The maximum absolute atomic E-state index is 13.3. The number of pyridine rings is 1. The van der Waals surface area contributed by atoms with E-state index < -0.39 is 5.82 Å². The Hall–Kier alpha value is -1.62. The van der Waals surface area contributed by atoms with Gasteiger partial charge in [0.05, 0.1) is 5.02 Å². The first-order valence-corrected chi connectivity index (χ1v) is 5.66. The SMILES string of the molecule is Fc1cc(Cl)cnc1NCCCc1ncc[nH]1. The van der Waals surface area contributed by atoms with Gasteiger partial charge >= 0.3 is 0 Å². The fourth-order valence-corrected chi connectivity index (χ4v) is 1.59. The molecule has 2 N–H and O–H groups in total. The van der Waals surface area contributed by atoms with Gasteiger partial charge in [-0.1, -0.05) is 11.6 Å². The third kappa shape index (κ3) is 3.42. The lowest BCUT2D eigenvalue weighted by Crippen LogP contribution is -2.06. The fourth-order valence-electron chi connectivity index (χ4n) is 1.44. The molecule has 2 rings (SSSR count). The molecule has 0 aliphatic carbocycles. The Morgan fingerprint density at radius 1 is 1.41 bits per heavy atom. The zero-order valence-electron chi connectivity index (χ0n) is 9.08. The summed E-state index contributed by atoms with van der Waals surface area (Å²) in [6.07, 6.45) is 6.57. The quantitative estimate of drug-likeness (QED) is 0.807. The number of imidazole rings is 1. The molecule has 4 nitrogen and oxygen atoms in total. The van der Waals surface area contributed by atoms with Crippen molar-refractivity contribution in [3.63, 3.8) is 0 Å². The Morgan fingerprint density at radius 3 is 3.00 bits per heavy atom. The molecule has 0 fully saturated rings. The molecule has 0 aliphatic heterocycles. The maximum atomic E-state index is 13.3. The summed E-state index contributed by atoms with van der Waals surface area (Å²) in [5.74, 6) is 0.723. The molecule has 0 atom stereocenters. The highest BCUT2D eigenvalue weighted by atomic mass is 35.5. The summed E-state index contributed by atoms with van der Waals surface area (Å²) in [6, 6.07) is 1.24. The molecule has 0 spiro atoms. The van der Waals surface area contributed by atoms with Gasteiger partial charge in [-0.2, -0.15) is 0 Å². The van der Waals surface area contributed by atoms with Crippen molar-refractivity contribution < 1.29 is 4.39 Å². The molecule has 2 aromatic heterocycles. The zero-order chi connectivity index (χ0) is 12.1. The van der Waals surface area contributed by atoms with Gasteiger partial charge in [0, 0.05) is 31.6 Å². The lowest BCUT2D eigenvalue weighted by atomic mass is 10.3. The number of hydrogen-bond acceptors (Lipinski definition) is 3. The number of aromatic amines is 1. The zero-order valence-corrected chi connectivity index (χ0v) is 9.84. The van der Waals surface area contributed by atoms with Crippen LogP contribution >= 0.6 is 11.6 Å². The molecule has 0 unspecified atom stereocenters. The lowest BCUT2D eigenvalue weighted by molar-refractivity contribution is 0.623. The predicted octanol–water partition coefficient (Wildman–Crippen LogP) is 2.64. The van der Waals surface area contributed by atoms with Crippen LogP contribution in [-0.4, -0.2) is 21.5 Å². The van der Waals surface area contributed by atoms with E-state index in [9.17, 15) is 4.39 Å². The van der Waals surface area contributed by atoms with Gasteiger partial charge in [-0.3, -0.25) is 0 Å². The van der Waals surface area contributed by atoms with E-state index in [1.54, 1.807) is 12.4 Å². The number of aromatic nitrogens is 3. The van der Waals surface area contributed by atoms with E-state index >= 15 is 0 Å². The van der Waals surface area contributed by atoms with Crippen LogP contribution in [0.4, 0.5) is 10.2 Å². The minimum atomic E-state index is -0.435. The average Bonchev–Trinajstić information content (AvgIpc) is 2.79. The monoisotopic (exact) mass is 254 g/mol. The van der Waals surface area contributed by atoms with Crippen LogP contribution in [0.2, 0.25) is 5.02 Å². The Labute approximate surface area is 103 Å². The first kappa shape index (κ1) is 11.9. The fraction of sp³-hybridized carbons (Fsp3) is 0.273. The summed E-state index contributed by atoms with van der Waals surface area (Å²) in [6.45, 7) is 0.631.